The molecule has 7 heteroatoms. The molecule has 0 saturated carbocycles. The van der Waals surface area contributed by atoms with E-state index in [-0.39, 0.29) is 36.4 Å². The maximum atomic E-state index is 12.2. The molecule has 1 aromatic heterocycles. The Bertz CT molecular complexity index is 754. The lowest BCUT2D eigenvalue weighted by Gasteiger charge is -2.11. The summed E-state index contributed by atoms with van der Waals surface area (Å²) in [6.07, 6.45) is 2.03. The average molecular weight is 343 g/mol. The highest BCUT2D eigenvalue weighted by atomic mass is 16.5. The molecule has 1 aromatic carbocycles. The van der Waals surface area contributed by atoms with Crippen molar-refractivity contribution < 1.29 is 14.3 Å². The lowest BCUT2D eigenvalue weighted by molar-refractivity contribution is 0.0851. The van der Waals surface area contributed by atoms with Crippen molar-refractivity contribution in [1.82, 2.24) is 15.1 Å². The number of rotatable bonds is 7. The number of carbonyl (C=O) groups is 1. The van der Waals surface area contributed by atoms with Crippen molar-refractivity contribution in [3.63, 3.8) is 0 Å². The summed E-state index contributed by atoms with van der Waals surface area (Å²) in [5, 5.41) is 6.92. The van der Waals surface area contributed by atoms with E-state index in [1.54, 1.807) is 0 Å². The van der Waals surface area contributed by atoms with Crippen molar-refractivity contribution in [3.05, 3.63) is 58.5 Å². The third kappa shape index (κ3) is 4.90. The van der Waals surface area contributed by atoms with Gasteiger partial charge in [-0.2, -0.15) is 5.10 Å². The standard InChI is InChI=1S/C18H21N3O4/c22-17-9-8-16(18(23)19-13-15-7-4-11-24-15)20-21(17)10-12-25-14-5-2-1-3-6-14/h1-3,5-6,8-9,15H,4,7,10-13H2,(H,19,23)/t15-/m1/s1. The fraction of sp³-hybridized carbons (Fsp3) is 0.389. The number of aromatic nitrogens is 2. The first-order chi connectivity index (χ1) is 12.2. The Kier molecular flexibility index (Phi) is 5.79. The molecule has 0 radical (unpaired) electrons. The average Bonchev–Trinajstić information content (AvgIpc) is 3.16. The molecule has 3 rings (SSSR count). The summed E-state index contributed by atoms with van der Waals surface area (Å²) in [6, 6.07) is 12.1. The Balaban J connectivity index is 1.55. The first-order valence-corrected chi connectivity index (χ1v) is 8.38. The van der Waals surface area contributed by atoms with E-state index in [2.05, 4.69) is 10.4 Å². The van der Waals surface area contributed by atoms with Crippen molar-refractivity contribution in [2.75, 3.05) is 19.8 Å². The van der Waals surface area contributed by atoms with Gasteiger partial charge in [-0.3, -0.25) is 9.59 Å². The maximum absolute atomic E-state index is 12.2. The molecule has 1 aliphatic heterocycles. The minimum atomic E-state index is -0.312. The lowest BCUT2D eigenvalue weighted by Crippen LogP contribution is -2.34. The topological polar surface area (TPSA) is 82.5 Å². The summed E-state index contributed by atoms with van der Waals surface area (Å²) >= 11 is 0. The Morgan fingerprint density at radius 2 is 2.12 bits per heavy atom. The first-order valence-electron chi connectivity index (χ1n) is 8.38. The molecule has 1 fully saturated rings. The molecule has 0 spiro atoms. The zero-order valence-corrected chi connectivity index (χ0v) is 13.9. The highest BCUT2D eigenvalue weighted by molar-refractivity contribution is 5.91. The van der Waals surface area contributed by atoms with Crippen LogP contribution < -0.4 is 15.6 Å². The molecule has 7 nitrogen and oxygen atoms in total. The molecule has 0 unspecified atom stereocenters. The molecule has 1 atom stereocenters. The predicted octanol–water partition coefficient (Wildman–Crippen LogP) is 1.23. The van der Waals surface area contributed by atoms with Gasteiger partial charge in [0.2, 0.25) is 0 Å². The van der Waals surface area contributed by atoms with Crippen molar-refractivity contribution >= 4 is 5.91 Å². The number of ether oxygens (including phenoxy) is 2. The van der Waals surface area contributed by atoms with Gasteiger partial charge in [-0.05, 0) is 31.0 Å². The molecule has 0 bridgehead atoms. The lowest BCUT2D eigenvalue weighted by atomic mass is 10.2. The summed E-state index contributed by atoms with van der Waals surface area (Å²) in [5.41, 5.74) is -0.0651. The number of hydrogen-bond donors (Lipinski definition) is 1. The highest BCUT2D eigenvalue weighted by Gasteiger charge is 2.17. The van der Waals surface area contributed by atoms with E-state index in [0.29, 0.717) is 6.54 Å². The monoisotopic (exact) mass is 343 g/mol. The molecular formula is C18H21N3O4. The van der Waals surface area contributed by atoms with E-state index in [9.17, 15) is 9.59 Å². The van der Waals surface area contributed by atoms with E-state index in [0.717, 1.165) is 25.2 Å². The maximum Gasteiger partial charge on any atom is 0.271 e. The van der Waals surface area contributed by atoms with Crippen LogP contribution in [0.1, 0.15) is 23.3 Å². The Labute approximate surface area is 145 Å². The van der Waals surface area contributed by atoms with Crippen LogP contribution in [0.4, 0.5) is 0 Å². The van der Waals surface area contributed by atoms with E-state index in [1.165, 1.54) is 16.8 Å². The van der Waals surface area contributed by atoms with Crippen LogP contribution in [0.15, 0.2) is 47.3 Å². The Morgan fingerprint density at radius 3 is 2.88 bits per heavy atom. The smallest absolute Gasteiger partial charge is 0.271 e. The highest BCUT2D eigenvalue weighted by Crippen LogP contribution is 2.10. The molecule has 25 heavy (non-hydrogen) atoms. The van der Waals surface area contributed by atoms with Crippen LogP contribution in [-0.4, -0.2) is 41.6 Å². The van der Waals surface area contributed by atoms with Crippen LogP contribution in [0.25, 0.3) is 0 Å². The number of amides is 1. The van der Waals surface area contributed by atoms with Gasteiger partial charge in [-0.15, -0.1) is 0 Å². The van der Waals surface area contributed by atoms with Gasteiger partial charge < -0.3 is 14.8 Å². The van der Waals surface area contributed by atoms with Crippen LogP contribution in [0.5, 0.6) is 5.75 Å². The van der Waals surface area contributed by atoms with Gasteiger partial charge >= 0.3 is 0 Å². The van der Waals surface area contributed by atoms with Crippen molar-refractivity contribution in [1.29, 1.82) is 0 Å². The molecule has 1 N–H and O–H groups in total. The molecule has 2 aromatic rings. The van der Waals surface area contributed by atoms with E-state index >= 15 is 0 Å². The van der Waals surface area contributed by atoms with Crippen LogP contribution in [0.2, 0.25) is 0 Å². The quantitative estimate of drug-likeness (QED) is 0.818. The fourth-order valence-electron chi connectivity index (χ4n) is 2.60. The zero-order valence-electron chi connectivity index (χ0n) is 13.9. The molecule has 1 saturated heterocycles. The van der Waals surface area contributed by atoms with Gasteiger partial charge in [0.15, 0.2) is 0 Å². The molecule has 2 heterocycles. The minimum absolute atomic E-state index is 0.0640. The second kappa shape index (κ2) is 8.43. The van der Waals surface area contributed by atoms with Crippen LogP contribution in [-0.2, 0) is 11.3 Å². The van der Waals surface area contributed by atoms with Crippen molar-refractivity contribution in [2.24, 2.45) is 0 Å². The third-order valence-corrected chi connectivity index (χ3v) is 3.93. The summed E-state index contributed by atoms with van der Waals surface area (Å²) in [4.78, 5) is 24.1. The van der Waals surface area contributed by atoms with Gasteiger partial charge in [0.1, 0.15) is 18.1 Å². The Morgan fingerprint density at radius 1 is 1.28 bits per heavy atom. The second-order valence-corrected chi connectivity index (χ2v) is 5.79. The molecule has 0 aliphatic carbocycles. The van der Waals surface area contributed by atoms with Gasteiger partial charge in [-0.1, -0.05) is 18.2 Å². The molecular weight excluding hydrogens is 322 g/mol. The third-order valence-electron chi connectivity index (χ3n) is 3.93. The number of hydrogen-bond acceptors (Lipinski definition) is 5. The van der Waals surface area contributed by atoms with Gasteiger partial charge in [0.05, 0.1) is 12.6 Å². The van der Waals surface area contributed by atoms with Gasteiger partial charge in [0, 0.05) is 19.2 Å². The molecule has 132 valence electrons. The van der Waals surface area contributed by atoms with Gasteiger partial charge in [-0.25, -0.2) is 4.68 Å². The van der Waals surface area contributed by atoms with E-state index in [4.69, 9.17) is 9.47 Å². The summed E-state index contributed by atoms with van der Waals surface area (Å²) in [6.45, 7) is 1.75. The van der Waals surface area contributed by atoms with Crippen LogP contribution in [0, 0.1) is 0 Å². The second-order valence-electron chi connectivity index (χ2n) is 5.79. The first kappa shape index (κ1) is 17.2. The van der Waals surface area contributed by atoms with E-state index in [1.807, 2.05) is 30.3 Å². The van der Waals surface area contributed by atoms with Crippen LogP contribution >= 0.6 is 0 Å². The van der Waals surface area contributed by atoms with Crippen molar-refractivity contribution in [2.45, 2.75) is 25.5 Å². The zero-order chi connectivity index (χ0) is 17.5. The SMILES string of the molecule is O=C(NC[C@H]1CCCO1)c1ccc(=O)n(CCOc2ccccc2)n1. The van der Waals surface area contributed by atoms with Crippen molar-refractivity contribution in [3.8, 4) is 5.75 Å². The number of benzene rings is 1. The largest absolute Gasteiger partial charge is 0.492 e. The number of para-hydroxylation sites is 1. The normalized spacial score (nSPS) is 16.6. The van der Waals surface area contributed by atoms with E-state index < -0.39 is 0 Å². The summed E-state index contributed by atoms with van der Waals surface area (Å²) in [5.74, 6) is 0.411. The van der Waals surface area contributed by atoms with Gasteiger partial charge in [0.25, 0.3) is 11.5 Å². The predicted molar refractivity (Wildman–Crippen MR) is 91.7 cm³/mol. The minimum Gasteiger partial charge on any atom is -0.492 e. The number of nitrogens with one attached hydrogen (secondary N) is 1. The summed E-state index contributed by atoms with van der Waals surface area (Å²) < 4.78 is 12.3. The van der Waals surface area contributed by atoms with Crippen LogP contribution in [0.3, 0.4) is 0 Å². The molecule has 1 amide bonds. The Hall–Kier alpha value is -2.67. The number of carbonyl (C=O) groups excluding carboxylic acids is 1. The molecule has 1 aliphatic rings. The number of nitrogens with zero attached hydrogens (tertiary/aromatic N) is 2. The summed E-state index contributed by atoms with van der Waals surface area (Å²) in [7, 11) is 0. The fourth-order valence-corrected chi connectivity index (χ4v) is 2.60.